The van der Waals surface area contributed by atoms with Gasteiger partial charge in [-0.1, -0.05) is 17.7 Å². The zero-order valence-corrected chi connectivity index (χ0v) is 15.1. The second-order valence-corrected chi connectivity index (χ2v) is 6.11. The van der Waals surface area contributed by atoms with E-state index in [2.05, 4.69) is 10.3 Å². The maximum atomic E-state index is 12.0. The van der Waals surface area contributed by atoms with Gasteiger partial charge in [0.2, 0.25) is 11.8 Å². The smallest absolute Gasteiger partial charge is 0.249 e. The molecule has 3 rings (SSSR count). The number of nitrogens with zero attached hydrogens (tertiary/aromatic N) is 1. The normalized spacial score (nSPS) is 19.4. The average molecular weight is 366 g/mol. The number of nitrogens with two attached hydrogens (primary N) is 1. The Morgan fingerprint density at radius 1 is 1.32 bits per heavy atom. The molecule has 0 saturated carbocycles. The third-order valence-electron chi connectivity index (χ3n) is 4.19. The fourth-order valence-corrected chi connectivity index (χ4v) is 2.75. The second-order valence-electron chi connectivity index (χ2n) is 6.11. The molecule has 136 valence electrons. The van der Waals surface area contributed by atoms with Crippen LogP contribution in [0.25, 0.3) is 11.5 Å². The van der Waals surface area contributed by atoms with Crippen LogP contribution >= 0.6 is 12.4 Å². The van der Waals surface area contributed by atoms with Crippen LogP contribution in [0.1, 0.15) is 24.1 Å². The van der Waals surface area contributed by atoms with Crippen molar-refractivity contribution in [3.8, 4) is 11.5 Å². The molecule has 0 spiro atoms. The van der Waals surface area contributed by atoms with E-state index in [9.17, 15) is 4.79 Å². The molecule has 0 bridgehead atoms. The lowest BCUT2D eigenvalue weighted by Gasteiger charge is -2.12. The monoisotopic (exact) mass is 365 g/mol. The summed E-state index contributed by atoms with van der Waals surface area (Å²) in [5.74, 6) is 0.523. The van der Waals surface area contributed by atoms with Gasteiger partial charge in [-0.25, -0.2) is 4.98 Å². The van der Waals surface area contributed by atoms with Crippen molar-refractivity contribution in [2.75, 3.05) is 13.1 Å². The zero-order valence-electron chi connectivity index (χ0n) is 14.2. The van der Waals surface area contributed by atoms with Crippen LogP contribution in [0.2, 0.25) is 0 Å². The summed E-state index contributed by atoms with van der Waals surface area (Å²) in [6.45, 7) is 3.01. The highest BCUT2D eigenvalue weighted by Gasteiger charge is 2.29. The first-order valence-electron chi connectivity index (χ1n) is 8.30. The summed E-state index contributed by atoms with van der Waals surface area (Å²) in [7, 11) is 0. The van der Waals surface area contributed by atoms with Gasteiger partial charge in [0, 0.05) is 25.1 Å². The Labute approximate surface area is 153 Å². The van der Waals surface area contributed by atoms with Gasteiger partial charge in [-0.2, -0.15) is 0 Å². The highest BCUT2D eigenvalue weighted by atomic mass is 35.5. The molecule has 6 nitrogen and oxygen atoms in total. The van der Waals surface area contributed by atoms with Crippen molar-refractivity contribution in [2.45, 2.75) is 38.4 Å². The van der Waals surface area contributed by atoms with Crippen LogP contribution in [0.4, 0.5) is 0 Å². The Morgan fingerprint density at radius 3 is 2.76 bits per heavy atom. The van der Waals surface area contributed by atoms with Crippen LogP contribution in [-0.2, 0) is 16.0 Å². The molecule has 2 atom stereocenters. The Balaban J connectivity index is 0.00000225. The van der Waals surface area contributed by atoms with Gasteiger partial charge in [-0.15, -0.1) is 12.4 Å². The predicted molar refractivity (Wildman–Crippen MR) is 97.6 cm³/mol. The van der Waals surface area contributed by atoms with Gasteiger partial charge in [-0.05, 0) is 31.9 Å². The number of carbonyl (C=O) groups is 1. The van der Waals surface area contributed by atoms with E-state index in [1.165, 1.54) is 5.56 Å². The molecule has 3 N–H and O–H groups in total. The number of amides is 1. The molecule has 1 aromatic carbocycles. The van der Waals surface area contributed by atoms with E-state index in [-0.39, 0.29) is 30.5 Å². The Bertz CT molecular complexity index is 687. The molecule has 1 aliphatic rings. The van der Waals surface area contributed by atoms with Gasteiger partial charge >= 0.3 is 0 Å². The Morgan fingerprint density at radius 2 is 2.08 bits per heavy atom. The standard InChI is InChI=1S/C18H23N3O3.ClH/c1-12-2-4-13(5-3-12)18-21-14(11-23-18)8-9-20-17(22)16-7-6-15(10-19)24-16;/h2-5,11,15-16H,6-10,19H2,1H3,(H,20,22);1H/t15-,16+;/m1./s1. The van der Waals surface area contributed by atoms with Crippen molar-refractivity contribution in [1.82, 2.24) is 10.3 Å². The SMILES string of the molecule is Cc1ccc(-c2nc(CCNC(=O)[C@@H]3CC[C@H](CN)O3)co2)cc1.Cl. The van der Waals surface area contributed by atoms with E-state index >= 15 is 0 Å². The van der Waals surface area contributed by atoms with Crippen LogP contribution < -0.4 is 11.1 Å². The number of halogens is 1. The lowest BCUT2D eigenvalue weighted by Crippen LogP contribution is -2.36. The highest BCUT2D eigenvalue weighted by Crippen LogP contribution is 2.20. The number of hydrogen-bond donors (Lipinski definition) is 2. The Hall–Kier alpha value is -1.89. The molecule has 1 aliphatic heterocycles. The van der Waals surface area contributed by atoms with Crippen molar-refractivity contribution >= 4 is 18.3 Å². The molecule has 7 heteroatoms. The summed E-state index contributed by atoms with van der Waals surface area (Å²) >= 11 is 0. The van der Waals surface area contributed by atoms with Gasteiger partial charge in [0.15, 0.2) is 0 Å². The van der Waals surface area contributed by atoms with Crippen molar-refractivity contribution in [3.05, 3.63) is 41.8 Å². The number of aryl methyl sites for hydroxylation is 1. The molecule has 2 aromatic rings. The van der Waals surface area contributed by atoms with Gasteiger partial charge in [-0.3, -0.25) is 4.79 Å². The zero-order chi connectivity index (χ0) is 16.9. The van der Waals surface area contributed by atoms with Crippen molar-refractivity contribution in [2.24, 2.45) is 5.73 Å². The van der Waals surface area contributed by atoms with Crippen LogP contribution in [0.15, 0.2) is 34.9 Å². The fourth-order valence-electron chi connectivity index (χ4n) is 2.75. The molecule has 25 heavy (non-hydrogen) atoms. The summed E-state index contributed by atoms with van der Waals surface area (Å²) in [5.41, 5.74) is 8.51. The third kappa shape index (κ3) is 5.04. The summed E-state index contributed by atoms with van der Waals surface area (Å²) < 4.78 is 11.1. The molecule has 0 radical (unpaired) electrons. The van der Waals surface area contributed by atoms with E-state index in [0.717, 1.165) is 24.1 Å². The first-order chi connectivity index (χ1) is 11.7. The summed E-state index contributed by atoms with van der Waals surface area (Å²) in [6, 6.07) is 8.02. The molecule has 1 amide bonds. The summed E-state index contributed by atoms with van der Waals surface area (Å²) in [5, 5.41) is 2.89. The van der Waals surface area contributed by atoms with Crippen LogP contribution in [0.5, 0.6) is 0 Å². The first-order valence-corrected chi connectivity index (χ1v) is 8.30. The van der Waals surface area contributed by atoms with Crippen molar-refractivity contribution < 1.29 is 13.9 Å². The van der Waals surface area contributed by atoms with E-state index in [1.807, 2.05) is 31.2 Å². The number of ether oxygens (including phenoxy) is 1. The molecule has 0 aliphatic carbocycles. The number of oxazole rings is 1. The lowest BCUT2D eigenvalue weighted by atomic mass is 10.1. The minimum Gasteiger partial charge on any atom is -0.444 e. The molecular weight excluding hydrogens is 342 g/mol. The third-order valence-corrected chi connectivity index (χ3v) is 4.19. The van der Waals surface area contributed by atoms with Crippen molar-refractivity contribution in [3.63, 3.8) is 0 Å². The molecular formula is C18H24ClN3O3. The second kappa shape index (κ2) is 8.99. The number of aromatic nitrogens is 1. The average Bonchev–Trinajstić information content (AvgIpc) is 3.24. The lowest BCUT2D eigenvalue weighted by molar-refractivity contribution is -0.131. The largest absolute Gasteiger partial charge is 0.444 e. The van der Waals surface area contributed by atoms with Crippen LogP contribution in [0, 0.1) is 6.92 Å². The maximum absolute atomic E-state index is 12.0. The molecule has 2 heterocycles. The van der Waals surface area contributed by atoms with Gasteiger partial charge in [0.25, 0.3) is 0 Å². The van der Waals surface area contributed by atoms with E-state index < -0.39 is 0 Å². The van der Waals surface area contributed by atoms with Crippen LogP contribution in [0.3, 0.4) is 0 Å². The predicted octanol–water partition coefficient (Wildman–Crippen LogP) is 2.24. The Kier molecular flexibility index (Phi) is 6.99. The highest BCUT2D eigenvalue weighted by molar-refractivity contribution is 5.85. The number of nitrogens with one attached hydrogen (secondary N) is 1. The minimum atomic E-state index is -0.376. The molecule has 1 fully saturated rings. The number of rotatable bonds is 6. The van der Waals surface area contributed by atoms with Crippen molar-refractivity contribution in [1.29, 1.82) is 0 Å². The molecule has 1 saturated heterocycles. The molecule has 0 unspecified atom stereocenters. The van der Waals surface area contributed by atoms with E-state index in [1.54, 1.807) is 6.26 Å². The topological polar surface area (TPSA) is 90.4 Å². The van der Waals surface area contributed by atoms with Gasteiger partial charge < -0.3 is 20.2 Å². The maximum Gasteiger partial charge on any atom is 0.249 e. The minimum absolute atomic E-state index is 0. The molecule has 1 aromatic heterocycles. The summed E-state index contributed by atoms with van der Waals surface area (Å²) in [4.78, 5) is 16.5. The summed E-state index contributed by atoms with van der Waals surface area (Å²) in [6.07, 6.45) is 3.46. The van der Waals surface area contributed by atoms with E-state index in [4.69, 9.17) is 14.9 Å². The number of benzene rings is 1. The number of carbonyl (C=O) groups excluding carboxylic acids is 1. The fraction of sp³-hybridized carbons (Fsp3) is 0.444. The van der Waals surface area contributed by atoms with Gasteiger partial charge in [0.05, 0.1) is 11.8 Å². The van der Waals surface area contributed by atoms with Gasteiger partial charge in [0.1, 0.15) is 12.4 Å². The van der Waals surface area contributed by atoms with E-state index in [0.29, 0.717) is 25.4 Å². The quantitative estimate of drug-likeness (QED) is 0.819. The number of hydrogen-bond acceptors (Lipinski definition) is 5. The van der Waals surface area contributed by atoms with Crippen LogP contribution in [-0.4, -0.2) is 36.2 Å². The first kappa shape index (κ1) is 19.4.